The summed E-state index contributed by atoms with van der Waals surface area (Å²) in [7, 11) is 0. The van der Waals surface area contributed by atoms with E-state index in [0.29, 0.717) is 10.7 Å². The lowest BCUT2D eigenvalue weighted by Crippen LogP contribution is -1.98. The predicted molar refractivity (Wildman–Crippen MR) is 73.4 cm³/mol. The number of nitrogens with two attached hydrogens (primary N) is 1. The SMILES string of the molecule is Nc1cc(C(=O)O)ccc1Sc1cccc(Cl)c1. The lowest BCUT2D eigenvalue weighted by atomic mass is 10.2. The molecule has 2 aromatic carbocycles. The van der Waals surface area contributed by atoms with Gasteiger partial charge in [0.05, 0.1) is 5.56 Å². The number of hydrogen-bond acceptors (Lipinski definition) is 3. The van der Waals surface area contributed by atoms with Gasteiger partial charge in [0.15, 0.2) is 0 Å². The summed E-state index contributed by atoms with van der Waals surface area (Å²) >= 11 is 7.34. The van der Waals surface area contributed by atoms with Crippen molar-refractivity contribution in [3.05, 3.63) is 53.1 Å². The van der Waals surface area contributed by atoms with E-state index in [1.54, 1.807) is 12.1 Å². The van der Waals surface area contributed by atoms with Gasteiger partial charge in [0.25, 0.3) is 0 Å². The molecule has 92 valence electrons. The summed E-state index contributed by atoms with van der Waals surface area (Å²) < 4.78 is 0. The summed E-state index contributed by atoms with van der Waals surface area (Å²) in [6, 6.07) is 12.1. The van der Waals surface area contributed by atoms with Crippen molar-refractivity contribution in [2.24, 2.45) is 0 Å². The molecule has 0 aromatic heterocycles. The van der Waals surface area contributed by atoms with Crippen LogP contribution in [0.5, 0.6) is 0 Å². The second kappa shape index (κ2) is 5.33. The number of aromatic carboxylic acids is 1. The van der Waals surface area contributed by atoms with Crippen molar-refractivity contribution in [1.82, 2.24) is 0 Å². The first-order valence-electron chi connectivity index (χ1n) is 5.12. The molecule has 0 saturated carbocycles. The minimum absolute atomic E-state index is 0.183. The van der Waals surface area contributed by atoms with Crippen LogP contribution >= 0.6 is 23.4 Å². The Morgan fingerprint density at radius 3 is 2.61 bits per heavy atom. The molecule has 0 saturated heterocycles. The van der Waals surface area contributed by atoms with Gasteiger partial charge in [-0.3, -0.25) is 0 Å². The molecule has 3 N–H and O–H groups in total. The predicted octanol–water partition coefficient (Wildman–Crippen LogP) is 3.77. The third-order valence-electron chi connectivity index (χ3n) is 2.28. The minimum Gasteiger partial charge on any atom is -0.478 e. The van der Waals surface area contributed by atoms with Crippen LogP contribution in [0.25, 0.3) is 0 Å². The van der Waals surface area contributed by atoms with Gasteiger partial charge in [-0.25, -0.2) is 4.79 Å². The first-order chi connectivity index (χ1) is 8.56. The fourth-order valence-corrected chi connectivity index (χ4v) is 2.59. The Bertz CT molecular complexity index is 601. The smallest absolute Gasteiger partial charge is 0.335 e. The van der Waals surface area contributed by atoms with Gasteiger partial charge < -0.3 is 10.8 Å². The molecule has 0 atom stereocenters. The number of carboxylic acid groups (broad SMARTS) is 1. The number of carbonyl (C=O) groups is 1. The van der Waals surface area contributed by atoms with E-state index in [-0.39, 0.29) is 5.56 Å². The summed E-state index contributed by atoms with van der Waals surface area (Å²) in [5.74, 6) is -0.985. The van der Waals surface area contributed by atoms with Gasteiger partial charge in [0.1, 0.15) is 0 Å². The molecule has 0 aliphatic heterocycles. The number of hydrogen-bond donors (Lipinski definition) is 2. The minimum atomic E-state index is -0.985. The van der Waals surface area contributed by atoms with E-state index in [4.69, 9.17) is 22.4 Å². The fraction of sp³-hybridized carbons (Fsp3) is 0. The van der Waals surface area contributed by atoms with Crippen LogP contribution < -0.4 is 5.73 Å². The molecular weight excluding hydrogens is 270 g/mol. The molecule has 5 heteroatoms. The average Bonchev–Trinajstić information content (AvgIpc) is 2.31. The molecule has 0 aliphatic rings. The van der Waals surface area contributed by atoms with Crippen LogP contribution in [0, 0.1) is 0 Å². The quantitative estimate of drug-likeness (QED) is 0.840. The van der Waals surface area contributed by atoms with Crippen molar-refractivity contribution in [2.45, 2.75) is 9.79 Å². The highest BCUT2D eigenvalue weighted by Crippen LogP contribution is 2.33. The number of carboxylic acids is 1. The molecule has 0 spiro atoms. The zero-order chi connectivity index (χ0) is 13.1. The molecular formula is C13H10ClNO2S. The Morgan fingerprint density at radius 1 is 1.22 bits per heavy atom. The maximum absolute atomic E-state index is 10.8. The highest BCUT2D eigenvalue weighted by Gasteiger charge is 2.07. The van der Waals surface area contributed by atoms with Crippen molar-refractivity contribution in [2.75, 3.05) is 5.73 Å². The lowest BCUT2D eigenvalue weighted by molar-refractivity contribution is 0.0697. The summed E-state index contributed by atoms with van der Waals surface area (Å²) in [6.07, 6.45) is 0. The molecule has 0 radical (unpaired) electrons. The van der Waals surface area contributed by atoms with Crippen LogP contribution in [0.2, 0.25) is 5.02 Å². The first kappa shape index (κ1) is 12.8. The molecule has 0 unspecified atom stereocenters. The van der Waals surface area contributed by atoms with Gasteiger partial charge in [0, 0.05) is 20.5 Å². The van der Waals surface area contributed by atoms with E-state index < -0.39 is 5.97 Å². The number of nitrogen functional groups attached to an aromatic ring is 1. The zero-order valence-electron chi connectivity index (χ0n) is 9.26. The van der Waals surface area contributed by atoms with E-state index in [9.17, 15) is 4.79 Å². The number of halogens is 1. The monoisotopic (exact) mass is 279 g/mol. The van der Waals surface area contributed by atoms with E-state index in [1.165, 1.54) is 23.9 Å². The zero-order valence-corrected chi connectivity index (χ0v) is 10.8. The molecule has 2 aromatic rings. The van der Waals surface area contributed by atoms with Crippen molar-refractivity contribution >= 4 is 35.0 Å². The Kier molecular flexibility index (Phi) is 3.79. The Morgan fingerprint density at radius 2 is 2.00 bits per heavy atom. The van der Waals surface area contributed by atoms with Crippen LogP contribution in [0.1, 0.15) is 10.4 Å². The molecule has 0 heterocycles. The second-order valence-corrected chi connectivity index (χ2v) is 5.17. The number of anilines is 1. The van der Waals surface area contributed by atoms with Crippen molar-refractivity contribution in [1.29, 1.82) is 0 Å². The van der Waals surface area contributed by atoms with Gasteiger partial charge in [-0.2, -0.15) is 0 Å². The summed E-state index contributed by atoms with van der Waals surface area (Å²) in [5, 5.41) is 9.50. The Hall–Kier alpha value is -1.65. The maximum atomic E-state index is 10.8. The van der Waals surface area contributed by atoms with Gasteiger partial charge in [-0.1, -0.05) is 29.4 Å². The molecule has 3 nitrogen and oxygen atoms in total. The van der Waals surface area contributed by atoms with Crippen molar-refractivity contribution in [3.63, 3.8) is 0 Å². The van der Waals surface area contributed by atoms with Crippen molar-refractivity contribution in [3.8, 4) is 0 Å². The topological polar surface area (TPSA) is 63.3 Å². The Balaban J connectivity index is 2.27. The summed E-state index contributed by atoms with van der Waals surface area (Å²) in [6.45, 7) is 0. The largest absolute Gasteiger partial charge is 0.478 e. The van der Waals surface area contributed by atoms with Crippen molar-refractivity contribution < 1.29 is 9.90 Å². The molecule has 18 heavy (non-hydrogen) atoms. The molecule has 0 bridgehead atoms. The Labute approximate surface area is 114 Å². The van der Waals surface area contributed by atoms with Crippen LogP contribution in [-0.4, -0.2) is 11.1 Å². The van der Waals surface area contributed by atoms with Crippen LogP contribution in [-0.2, 0) is 0 Å². The molecule has 2 rings (SSSR count). The summed E-state index contributed by atoms with van der Waals surface area (Å²) in [4.78, 5) is 12.6. The number of benzene rings is 2. The van der Waals surface area contributed by atoms with Crippen LogP contribution in [0.15, 0.2) is 52.3 Å². The maximum Gasteiger partial charge on any atom is 0.335 e. The van der Waals surface area contributed by atoms with Gasteiger partial charge in [0.2, 0.25) is 0 Å². The third-order valence-corrected chi connectivity index (χ3v) is 3.60. The third kappa shape index (κ3) is 2.97. The summed E-state index contributed by atoms with van der Waals surface area (Å²) in [5.41, 5.74) is 6.46. The highest BCUT2D eigenvalue weighted by molar-refractivity contribution is 7.99. The second-order valence-electron chi connectivity index (χ2n) is 3.62. The molecule has 0 fully saturated rings. The van der Waals surface area contributed by atoms with E-state index in [2.05, 4.69) is 0 Å². The van der Waals surface area contributed by atoms with Gasteiger partial charge >= 0.3 is 5.97 Å². The van der Waals surface area contributed by atoms with Gasteiger partial charge in [-0.05, 0) is 36.4 Å². The normalized spacial score (nSPS) is 10.3. The fourth-order valence-electron chi connectivity index (χ4n) is 1.43. The average molecular weight is 280 g/mol. The highest BCUT2D eigenvalue weighted by atomic mass is 35.5. The standard InChI is InChI=1S/C13H10ClNO2S/c14-9-2-1-3-10(7-9)18-12-5-4-8(13(16)17)6-11(12)15/h1-7H,15H2,(H,16,17). The van der Waals surface area contributed by atoms with E-state index in [1.807, 2.05) is 18.2 Å². The molecule has 0 aliphatic carbocycles. The van der Waals surface area contributed by atoms with Gasteiger partial charge in [-0.15, -0.1) is 0 Å². The number of rotatable bonds is 3. The van der Waals surface area contributed by atoms with E-state index >= 15 is 0 Å². The molecule has 0 amide bonds. The lowest BCUT2D eigenvalue weighted by Gasteiger charge is -2.06. The first-order valence-corrected chi connectivity index (χ1v) is 6.32. The van der Waals surface area contributed by atoms with Crippen LogP contribution in [0.4, 0.5) is 5.69 Å². The van der Waals surface area contributed by atoms with Crippen LogP contribution in [0.3, 0.4) is 0 Å². The van der Waals surface area contributed by atoms with E-state index in [0.717, 1.165) is 9.79 Å².